The molecule has 1 aliphatic carbocycles. The second-order valence-corrected chi connectivity index (χ2v) is 10.0. The van der Waals surface area contributed by atoms with Crippen molar-refractivity contribution in [2.75, 3.05) is 0 Å². The molecule has 2 heterocycles. The zero-order chi connectivity index (χ0) is 23.4. The average molecular weight is 453 g/mol. The highest BCUT2D eigenvalue weighted by Crippen LogP contribution is 2.52. The van der Waals surface area contributed by atoms with Gasteiger partial charge in [-0.2, -0.15) is 0 Å². The first-order chi connectivity index (χ1) is 16.5. The van der Waals surface area contributed by atoms with E-state index in [0.717, 1.165) is 62.7 Å². The number of hydrogen-bond donors (Lipinski definition) is 3. The maximum Gasteiger partial charge on any atom is 0.124 e. The molecule has 0 saturated heterocycles. The summed E-state index contributed by atoms with van der Waals surface area (Å²) in [5, 5.41) is 34.5. The minimum atomic E-state index is -0.0989. The van der Waals surface area contributed by atoms with Gasteiger partial charge in [0.05, 0.1) is 11.0 Å². The number of nitrogens with zero attached hydrogens (tertiary/aromatic N) is 4. The summed E-state index contributed by atoms with van der Waals surface area (Å²) in [6, 6.07) is 12.3. The van der Waals surface area contributed by atoms with E-state index in [1.807, 2.05) is 18.2 Å². The van der Waals surface area contributed by atoms with E-state index < -0.39 is 0 Å². The number of phenols is 1. The van der Waals surface area contributed by atoms with Crippen molar-refractivity contribution >= 4 is 22.1 Å². The zero-order valence-electron chi connectivity index (χ0n) is 19.7. The maximum absolute atomic E-state index is 11.4. The maximum atomic E-state index is 11.4. The Balaban J connectivity index is 1.75. The van der Waals surface area contributed by atoms with Gasteiger partial charge in [0.15, 0.2) is 0 Å². The van der Waals surface area contributed by atoms with Crippen LogP contribution in [0.1, 0.15) is 63.1 Å². The molecule has 34 heavy (non-hydrogen) atoms. The van der Waals surface area contributed by atoms with Gasteiger partial charge in [0.2, 0.25) is 0 Å². The van der Waals surface area contributed by atoms with Crippen molar-refractivity contribution in [2.24, 2.45) is 0 Å². The normalized spacial score (nSPS) is 13.0. The van der Waals surface area contributed by atoms with Crippen molar-refractivity contribution in [2.45, 2.75) is 58.3 Å². The van der Waals surface area contributed by atoms with Gasteiger partial charge in [0.25, 0.3) is 0 Å². The third-order valence-electron chi connectivity index (χ3n) is 7.37. The molecule has 7 nitrogen and oxygen atoms in total. The Kier molecular flexibility index (Phi) is 4.69. The Morgan fingerprint density at radius 1 is 0.794 bits per heavy atom. The van der Waals surface area contributed by atoms with Crippen LogP contribution in [-0.2, 0) is 11.8 Å². The smallest absolute Gasteiger partial charge is 0.124 e. The zero-order valence-corrected chi connectivity index (χ0v) is 19.7. The number of aromatic nitrogens is 6. The Labute approximate surface area is 197 Å². The van der Waals surface area contributed by atoms with E-state index >= 15 is 0 Å². The van der Waals surface area contributed by atoms with Crippen LogP contribution in [0.3, 0.4) is 0 Å². The molecule has 1 aliphatic rings. The van der Waals surface area contributed by atoms with Crippen molar-refractivity contribution in [3.8, 4) is 28.0 Å². The summed E-state index contributed by atoms with van der Waals surface area (Å²) in [7, 11) is 0. The number of fused-ring (bicyclic) bond motifs is 9. The summed E-state index contributed by atoms with van der Waals surface area (Å²) in [6.07, 6.45) is 5.31. The summed E-state index contributed by atoms with van der Waals surface area (Å²) in [4.78, 5) is 0. The van der Waals surface area contributed by atoms with Gasteiger partial charge < -0.3 is 5.11 Å². The van der Waals surface area contributed by atoms with Crippen LogP contribution in [-0.4, -0.2) is 35.9 Å². The highest BCUT2D eigenvalue weighted by Gasteiger charge is 2.33. The molecule has 0 amide bonds. The second-order valence-electron chi connectivity index (χ2n) is 10.0. The second kappa shape index (κ2) is 7.65. The van der Waals surface area contributed by atoms with Crippen LogP contribution in [0.5, 0.6) is 5.75 Å². The van der Waals surface area contributed by atoms with Gasteiger partial charge in [-0.05, 0) is 58.7 Å². The number of aromatic hydroxyl groups is 1. The van der Waals surface area contributed by atoms with E-state index in [9.17, 15) is 5.11 Å². The van der Waals surface area contributed by atoms with Crippen LogP contribution in [0, 0.1) is 0 Å². The molecule has 3 N–H and O–H groups in total. The van der Waals surface area contributed by atoms with Crippen LogP contribution in [0.25, 0.3) is 44.3 Å². The summed E-state index contributed by atoms with van der Waals surface area (Å²) < 4.78 is 0. The van der Waals surface area contributed by atoms with Crippen LogP contribution < -0.4 is 0 Å². The molecule has 0 aliphatic heterocycles. The number of phenolic OH excluding ortho intramolecular Hbond substituents is 1. The molecular formula is C27H28N6O. The number of benzene rings is 3. The number of H-pyrrole nitrogens is 2. The number of aromatic amines is 2. The first kappa shape index (κ1) is 20.8. The molecule has 7 heteroatoms. The van der Waals surface area contributed by atoms with Gasteiger partial charge in [-0.3, -0.25) is 10.2 Å². The van der Waals surface area contributed by atoms with E-state index in [1.54, 1.807) is 0 Å². The Bertz CT molecular complexity index is 1540. The van der Waals surface area contributed by atoms with Gasteiger partial charge in [-0.15, -0.1) is 10.2 Å². The van der Waals surface area contributed by atoms with Gasteiger partial charge in [0.1, 0.15) is 16.8 Å². The van der Waals surface area contributed by atoms with Crippen LogP contribution in [0.15, 0.2) is 36.4 Å². The fourth-order valence-electron chi connectivity index (χ4n) is 5.59. The Hall–Kier alpha value is -3.74. The molecule has 0 atom stereocenters. The standard InChI is InChI=1S/C27H28N6O/c1-4-5-6-13-27(2,3)17-9-12-20(34)24-22-16(8-11-19-26(22)31-33-29-19)14-15-7-10-18-25(30-32-28-18)21(15)23(17)24/h7-12,34H,4-6,13-14H2,1-3H3,(H,28,30,32)(H,29,31,33). The number of rotatable bonds is 5. The molecule has 0 fully saturated rings. The third kappa shape index (κ3) is 3.03. The lowest BCUT2D eigenvalue weighted by atomic mass is 9.74. The first-order valence-corrected chi connectivity index (χ1v) is 12.0. The monoisotopic (exact) mass is 452 g/mol. The van der Waals surface area contributed by atoms with Crippen LogP contribution in [0.4, 0.5) is 0 Å². The highest BCUT2D eigenvalue weighted by atomic mass is 16.3. The summed E-state index contributed by atoms with van der Waals surface area (Å²) in [5.74, 6) is 0.244. The Morgan fingerprint density at radius 2 is 1.41 bits per heavy atom. The Morgan fingerprint density at radius 3 is 2.03 bits per heavy atom. The van der Waals surface area contributed by atoms with E-state index in [1.165, 1.54) is 24.0 Å². The molecule has 0 bridgehead atoms. The minimum absolute atomic E-state index is 0.0989. The average Bonchev–Trinajstić information content (AvgIpc) is 3.46. The molecule has 0 unspecified atom stereocenters. The molecule has 0 radical (unpaired) electrons. The summed E-state index contributed by atoms with van der Waals surface area (Å²) >= 11 is 0. The predicted octanol–water partition coefficient (Wildman–Crippen LogP) is 6.03. The lowest BCUT2D eigenvalue weighted by molar-refractivity contribution is 0.448. The highest BCUT2D eigenvalue weighted by molar-refractivity contribution is 6.07. The number of hydrogen-bond acceptors (Lipinski definition) is 5. The third-order valence-corrected chi connectivity index (χ3v) is 7.37. The molecule has 172 valence electrons. The molecule has 3 aromatic carbocycles. The van der Waals surface area contributed by atoms with E-state index in [4.69, 9.17) is 0 Å². The van der Waals surface area contributed by atoms with Gasteiger partial charge >= 0.3 is 0 Å². The molecule has 6 rings (SSSR count). The molecular weight excluding hydrogens is 424 g/mol. The van der Waals surface area contributed by atoms with Crippen molar-refractivity contribution in [1.29, 1.82) is 0 Å². The first-order valence-electron chi connectivity index (χ1n) is 12.0. The molecule has 0 saturated carbocycles. The molecule has 0 spiro atoms. The summed E-state index contributed by atoms with van der Waals surface area (Å²) in [6.45, 7) is 6.85. The molecule has 5 aromatic rings. The van der Waals surface area contributed by atoms with Crippen LogP contribution in [0.2, 0.25) is 0 Å². The van der Waals surface area contributed by atoms with E-state index in [0.29, 0.717) is 6.42 Å². The lowest BCUT2D eigenvalue weighted by Gasteiger charge is -2.30. The van der Waals surface area contributed by atoms with Crippen molar-refractivity contribution in [3.05, 3.63) is 53.1 Å². The van der Waals surface area contributed by atoms with Gasteiger partial charge in [-0.25, -0.2) is 0 Å². The van der Waals surface area contributed by atoms with E-state index in [-0.39, 0.29) is 11.2 Å². The fourth-order valence-corrected chi connectivity index (χ4v) is 5.59. The predicted molar refractivity (Wildman–Crippen MR) is 134 cm³/mol. The minimum Gasteiger partial charge on any atom is -0.507 e. The summed E-state index contributed by atoms with van der Waals surface area (Å²) in [5.41, 5.74) is 10.6. The van der Waals surface area contributed by atoms with E-state index in [2.05, 4.69) is 69.8 Å². The topological polar surface area (TPSA) is 103 Å². The van der Waals surface area contributed by atoms with Crippen molar-refractivity contribution in [3.63, 3.8) is 0 Å². The largest absolute Gasteiger partial charge is 0.507 e. The molecule has 2 aromatic heterocycles. The lowest BCUT2D eigenvalue weighted by Crippen LogP contribution is -2.19. The van der Waals surface area contributed by atoms with Crippen LogP contribution >= 0.6 is 0 Å². The quantitative estimate of drug-likeness (QED) is 0.277. The number of unbranched alkanes of at least 4 members (excludes halogenated alkanes) is 2. The van der Waals surface area contributed by atoms with Gasteiger partial charge in [0, 0.05) is 16.7 Å². The SMILES string of the molecule is CCCCCC(C)(C)c1ccc(O)c2c1-c1c(ccc3[nH]nnc13)Cc1ccc3[nH]nnc3c1-2. The van der Waals surface area contributed by atoms with Crippen molar-refractivity contribution in [1.82, 2.24) is 30.8 Å². The van der Waals surface area contributed by atoms with Crippen molar-refractivity contribution < 1.29 is 5.11 Å². The van der Waals surface area contributed by atoms with Gasteiger partial charge in [-0.1, -0.05) is 68.7 Å². The fraction of sp³-hybridized carbons (Fsp3) is 0.333. The number of nitrogens with one attached hydrogen (secondary N) is 2.